The van der Waals surface area contributed by atoms with Gasteiger partial charge in [0.15, 0.2) is 0 Å². The Morgan fingerprint density at radius 2 is 0.883 bits per heavy atom. The second kappa shape index (κ2) is 39.6. The predicted octanol–water partition coefficient (Wildman–Crippen LogP) is 18.0. The van der Waals surface area contributed by atoms with Crippen molar-refractivity contribution in [3.63, 3.8) is 0 Å². The van der Waals surface area contributed by atoms with Crippen LogP contribution in [0.1, 0.15) is 121 Å². The van der Waals surface area contributed by atoms with Gasteiger partial charge in [-0.15, -0.1) is 0 Å². The number of hydrogen-bond acceptors (Lipinski definition) is 14. The van der Waals surface area contributed by atoms with Gasteiger partial charge in [-0.05, 0) is 244 Å². The van der Waals surface area contributed by atoms with E-state index in [1.54, 1.807) is 31.4 Å². The lowest BCUT2D eigenvalue weighted by molar-refractivity contribution is -0.131. The van der Waals surface area contributed by atoms with Gasteiger partial charge in [-0.2, -0.15) is 25.7 Å². The number of imidazole rings is 4. The Hall–Kier alpha value is -14.1. The lowest BCUT2D eigenvalue weighted by atomic mass is 9.89. The summed E-state index contributed by atoms with van der Waals surface area (Å²) in [6.07, 6.45) is 37.0. The third-order valence-electron chi connectivity index (χ3n) is 26.4. The highest BCUT2D eigenvalue weighted by atomic mass is 35.5. The summed E-state index contributed by atoms with van der Waals surface area (Å²) in [6, 6.07) is 60.4. The molecule has 0 aliphatic carbocycles. The van der Waals surface area contributed by atoms with Crippen LogP contribution in [-0.2, 0) is 48.6 Å². The summed E-state index contributed by atoms with van der Waals surface area (Å²) >= 11 is 6.07. The molecule has 21 rings (SSSR count). The molecule has 0 radical (unpaired) electrons. The van der Waals surface area contributed by atoms with Gasteiger partial charge >= 0.3 is 0 Å². The van der Waals surface area contributed by atoms with Crippen molar-refractivity contribution in [1.29, 1.82) is 5.26 Å². The van der Waals surface area contributed by atoms with Gasteiger partial charge in [0.1, 0.15) is 5.75 Å². The summed E-state index contributed by atoms with van der Waals surface area (Å²) in [5.74, 6) is 3.57. The molecule has 0 saturated carbocycles. The lowest BCUT2D eigenvalue weighted by Crippen LogP contribution is -2.37. The van der Waals surface area contributed by atoms with Gasteiger partial charge in [0, 0.05) is 147 Å². The smallest absolute Gasteiger partial charge is 0.254 e. The first-order valence-electron chi connectivity index (χ1n) is 44.7. The van der Waals surface area contributed by atoms with Crippen LogP contribution < -0.4 is 4.74 Å². The number of ether oxygens (including phenoxy) is 1. The Kier molecular flexibility index (Phi) is 26.3. The number of para-hydroxylation sites is 1. The molecule has 8 aromatic carbocycles. The van der Waals surface area contributed by atoms with E-state index in [2.05, 4.69) is 168 Å². The molecule has 6 unspecified atom stereocenters. The molecule has 5 aliphatic heterocycles. The first-order valence-corrected chi connectivity index (χ1v) is 45.1. The van der Waals surface area contributed by atoms with Crippen LogP contribution in [-0.4, -0.2) is 181 Å². The van der Waals surface area contributed by atoms with Crippen molar-refractivity contribution in [2.45, 2.75) is 135 Å². The molecular weight excluding hydrogens is 1620 g/mol. The first-order chi connectivity index (χ1) is 62.8. The fourth-order valence-corrected chi connectivity index (χ4v) is 19.7. The Morgan fingerprint density at radius 3 is 1.34 bits per heavy atom. The van der Waals surface area contributed by atoms with E-state index in [0.29, 0.717) is 71.2 Å². The van der Waals surface area contributed by atoms with Crippen LogP contribution in [0.4, 0.5) is 0 Å². The Labute approximate surface area is 747 Å². The third kappa shape index (κ3) is 19.8. The van der Waals surface area contributed by atoms with Crippen LogP contribution in [0.15, 0.2) is 251 Å². The molecule has 8 aromatic heterocycles. The van der Waals surface area contributed by atoms with Crippen molar-refractivity contribution < 1.29 is 23.9 Å². The maximum Gasteiger partial charge on any atom is 0.254 e. The second-order valence-corrected chi connectivity index (χ2v) is 34.9. The monoisotopic (exact) mass is 1730 g/mol. The maximum absolute atomic E-state index is 13.1. The molecule has 26 nitrogen and oxygen atoms in total. The molecule has 16 aromatic rings. The van der Waals surface area contributed by atoms with Crippen LogP contribution in [0.2, 0.25) is 5.02 Å². The van der Waals surface area contributed by atoms with E-state index in [4.69, 9.17) is 21.6 Å². The van der Waals surface area contributed by atoms with Gasteiger partial charge in [-0.1, -0.05) is 84.4 Å². The van der Waals surface area contributed by atoms with Crippen molar-refractivity contribution in [3.05, 3.63) is 284 Å². The number of rotatable bonds is 20. The minimum absolute atomic E-state index is 0.0509. The summed E-state index contributed by atoms with van der Waals surface area (Å²) in [6.45, 7) is 8.50. The molecule has 2 bridgehead atoms. The molecule has 13 heterocycles. The third-order valence-corrected chi connectivity index (χ3v) is 26.6. The van der Waals surface area contributed by atoms with Crippen molar-refractivity contribution in [3.8, 4) is 56.3 Å². The molecule has 5 fully saturated rings. The molecule has 27 heteroatoms. The zero-order valence-electron chi connectivity index (χ0n) is 71.8. The largest absolute Gasteiger partial charge is 0.496 e. The number of hydrogen-bond donors (Lipinski definition) is 4. The zero-order valence-corrected chi connectivity index (χ0v) is 72.6. The number of nitrogens with one attached hydrogen (secondary N) is 4. The SMILES string of the molecule is COc1ccccc1CCC(=O)N1CCCC(Cn2cnc3cc(-c4cn[nH]c4)ccc32)CC1.N#Cc1ccc(C(=O)N2CCCC(Cn3cnc4cc(-c5cn[nH]c5)ccc43)CC2)cc1.O=C(Cc1cccc(Cl)c1)N1CCCC(Cn2cnc3cc(-c4cn[nH]c4)ccc32)CC1.O=C(c1ccccc1)N1C2CCC1C(Cn1cnc3cc(-c4cn[nH]c4)ccc31)C2. The fourth-order valence-electron chi connectivity index (χ4n) is 19.5. The quantitative estimate of drug-likeness (QED) is 0.0552. The number of aryl methyl sites for hydroxylation is 1. The lowest BCUT2D eigenvalue weighted by Gasteiger charge is -2.25. The van der Waals surface area contributed by atoms with Gasteiger partial charge in [-0.3, -0.25) is 39.6 Å². The number of benzene rings is 8. The Balaban J connectivity index is 0.000000115. The minimum atomic E-state index is 0.0509. The molecular formula is C101H104ClN21O5. The fraction of sp³-hybridized carbons (Fsp3) is 0.317. The predicted molar refractivity (Wildman–Crippen MR) is 496 cm³/mol. The molecule has 4 amide bonds. The Bertz CT molecular complexity index is 6490. The normalized spacial score (nSPS) is 18.1. The average molecular weight is 1730 g/mol. The maximum atomic E-state index is 13.1. The number of amides is 4. The summed E-state index contributed by atoms with van der Waals surface area (Å²) in [5, 5.41) is 37.2. The van der Waals surface area contributed by atoms with E-state index in [1.165, 1.54) is 0 Å². The van der Waals surface area contributed by atoms with Crippen molar-refractivity contribution in [2.24, 2.45) is 23.7 Å². The molecule has 128 heavy (non-hydrogen) atoms. The van der Waals surface area contributed by atoms with Crippen LogP contribution >= 0.6 is 11.6 Å². The number of methoxy groups -OCH3 is 1. The number of carbonyl (C=O) groups excluding carboxylic acids is 4. The summed E-state index contributed by atoms with van der Waals surface area (Å²) in [5.41, 5.74) is 21.3. The van der Waals surface area contributed by atoms with E-state index in [0.717, 1.165) is 254 Å². The van der Waals surface area contributed by atoms with E-state index in [1.807, 2.05) is 164 Å². The van der Waals surface area contributed by atoms with Crippen LogP contribution in [0.3, 0.4) is 0 Å². The summed E-state index contributed by atoms with van der Waals surface area (Å²) < 4.78 is 14.4. The number of aromatic nitrogens is 16. The number of aromatic amines is 4. The molecule has 6 atom stereocenters. The van der Waals surface area contributed by atoms with Crippen molar-refractivity contribution in [2.75, 3.05) is 46.4 Å². The number of nitriles is 1. The minimum Gasteiger partial charge on any atom is -0.496 e. The topological polar surface area (TPSA) is 300 Å². The van der Waals surface area contributed by atoms with E-state index in [9.17, 15) is 19.2 Å². The van der Waals surface area contributed by atoms with Crippen LogP contribution in [0, 0.1) is 35.0 Å². The van der Waals surface area contributed by atoms with Crippen LogP contribution in [0.5, 0.6) is 5.75 Å². The highest BCUT2D eigenvalue weighted by molar-refractivity contribution is 6.30. The van der Waals surface area contributed by atoms with Gasteiger partial charge < -0.3 is 42.6 Å². The molecule has 0 spiro atoms. The Morgan fingerprint density at radius 1 is 0.438 bits per heavy atom. The number of H-pyrrole nitrogens is 4. The standard InChI is InChI=1S/C27H31N5O2.C25H26ClN5O.C25H24N6O.C24H23N5O/c1-34-26-7-3-2-6-21(26)9-11-27(33)31-13-4-5-20(12-14-31)18-32-19-28-24-15-22(8-10-25(24)32)23-16-29-30-17-23;26-22-5-1-3-19(11-22)12-25(32)30-9-2-4-18(8-10-30)16-31-17-27-23-13-20(6-7-24(23)31)21-14-28-29-15-21;26-13-18-3-5-20(6-4-18)25(32)30-10-1-2-19(9-11-30)16-31-17-27-23-12-21(7-8-24(23)31)22-14-28-29-15-22;30-24(16-4-2-1-3-5-16)29-20-7-9-22(29)18(10-20)14-28-15-25-21-11-17(6-8-23(21)28)19-12-26-27-13-19/h2-3,6-8,10,15-17,19-20H,4-5,9,11-14,18H2,1H3,(H,29,30);1,3,5-7,11,13-15,17-18H,2,4,8-10,12,16H2,(H,28,29);3-8,12,14-15,17,19H,1-2,9-11,16H2,(H,28,29);1-6,8,11-13,15,18,20,22H,7,9-10,14H2,(H,26,27). The first kappa shape index (κ1) is 84.8. The number of halogens is 1. The number of carbonyl (C=O) groups is 4. The molecule has 650 valence electrons. The van der Waals surface area contributed by atoms with E-state index in [-0.39, 0.29) is 23.6 Å². The van der Waals surface area contributed by atoms with Crippen molar-refractivity contribution >= 4 is 79.4 Å². The van der Waals surface area contributed by atoms with Gasteiger partial charge in [-0.25, -0.2) is 19.9 Å². The number of likely N-dealkylation sites (tertiary alicyclic amines) is 3. The zero-order chi connectivity index (χ0) is 87.2. The van der Waals surface area contributed by atoms with Crippen molar-refractivity contribution in [1.82, 2.24) is 98.6 Å². The summed E-state index contributed by atoms with van der Waals surface area (Å²) in [4.78, 5) is 78.5. The van der Waals surface area contributed by atoms with Crippen LogP contribution in [0.25, 0.3) is 88.6 Å². The number of nitrogens with zero attached hydrogens (tertiary/aromatic N) is 17. The van der Waals surface area contributed by atoms with Gasteiger partial charge in [0.05, 0.1) is 119 Å². The van der Waals surface area contributed by atoms with Gasteiger partial charge in [0.25, 0.3) is 11.8 Å². The highest BCUT2D eigenvalue weighted by Gasteiger charge is 2.48. The van der Waals surface area contributed by atoms with E-state index >= 15 is 0 Å². The van der Waals surface area contributed by atoms with Gasteiger partial charge in [0.2, 0.25) is 11.8 Å². The van der Waals surface area contributed by atoms with E-state index < -0.39 is 0 Å². The second-order valence-electron chi connectivity index (χ2n) is 34.5. The molecule has 4 N–H and O–H groups in total. The highest BCUT2D eigenvalue weighted by Crippen LogP contribution is 2.44. The molecule has 5 saturated heterocycles. The molecule has 5 aliphatic rings. The average Bonchev–Trinajstić information content (AvgIpc) is 1.60. The summed E-state index contributed by atoms with van der Waals surface area (Å²) in [7, 11) is 1.68. The number of fused-ring (bicyclic) bond motifs is 6.